The number of likely N-dealkylation sites (N-methyl/N-ethyl adjacent to an activating group) is 2. The Hall–Kier alpha value is -4.36. The summed E-state index contributed by atoms with van der Waals surface area (Å²) < 4.78 is 72.8. The second-order valence-electron chi connectivity index (χ2n) is 23.0. The van der Waals surface area contributed by atoms with Crippen LogP contribution in [-0.4, -0.2) is 193 Å². The number of aromatic carboxylic acids is 1. The van der Waals surface area contributed by atoms with Crippen LogP contribution in [0.2, 0.25) is 0 Å². The van der Waals surface area contributed by atoms with Crippen molar-refractivity contribution >= 4 is 35.0 Å². The number of fused-ring (bicyclic) bond motifs is 1. The Labute approximate surface area is 464 Å². The summed E-state index contributed by atoms with van der Waals surface area (Å²) in [6.07, 6.45) is -7.22. The van der Waals surface area contributed by atoms with E-state index in [-0.39, 0.29) is 68.3 Å². The molecule has 21 nitrogen and oxygen atoms in total. The minimum atomic E-state index is -1.64. The molecule has 5 rings (SSSR count). The van der Waals surface area contributed by atoms with Crippen molar-refractivity contribution in [1.29, 1.82) is 0 Å². The maximum absolute atomic E-state index is 15.2. The van der Waals surface area contributed by atoms with Crippen molar-refractivity contribution in [2.24, 2.45) is 17.8 Å². The number of cyclic esters (lactones) is 3. The lowest BCUT2D eigenvalue weighted by molar-refractivity contribution is -0.318. The largest absolute Gasteiger partial charge is 0.508 e. The van der Waals surface area contributed by atoms with Crippen LogP contribution in [0.4, 0.5) is 9.18 Å². The molecule has 0 radical (unpaired) electrons. The van der Waals surface area contributed by atoms with E-state index in [1.54, 1.807) is 66.0 Å². The van der Waals surface area contributed by atoms with Gasteiger partial charge in [0.2, 0.25) is 5.43 Å². The molecule has 0 bridgehead atoms. The van der Waals surface area contributed by atoms with Crippen LogP contribution in [-0.2, 0) is 65.2 Å². The third-order valence-corrected chi connectivity index (χ3v) is 16.2. The molecule has 1 aromatic carbocycles. The van der Waals surface area contributed by atoms with E-state index >= 15 is 4.39 Å². The van der Waals surface area contributed by atoms with Crippen molar-refractivity contribution in [2.75, 3.05) is 54.5 Å². The molecule has 79 heavy (non-hydrogen) atoms. The number of carbonyl (C=O) groups is 4. The fraction of sp³-hybridized carbons (Fsp3) is 0.772. The first-order valence-corrected chi connectivity index (χ1v) is 28.0. The summed E-state index contributed by atoms with van der Waals surface area (Å²) in [5.41, 5.74) is -3.18. The molecule has 0 saturated carbocycles. The molecule has 22 heteroatoms. The number of rotatable bonds is 17. The first-order valence-electron chi connectivity index (χ1n) is 28.0. The number of carbonyl (C=O) groups excluding carboxylic acids is 3. The first-order chi connectivity index (χ1) is 37.0. The molecule has 4 N–H and O–H groups in total. The zero-order valence-electron chi connectivity index (χ0n) is 49.2. The highest BCUT2D eigenvalue weighted by molar-refractivity contribution is 5.92. The second-order valence-corrected chi connectivity index (χ2v) is 23.0. The first kappa shape index (κ1) is 65.5. The number of ether oxygens (including phenoxy) is 9. The number of halogens is 1. The van der Waals surface area contributed by atoms with Crippen molar-refractivity contribution in [3.63, 3.8) is 0 Å². The highest BCUT2D eigenvalue weighted by Gasteiger charge is 2.53. The number of nitrogens with one attached hydrogen (secondary N) is 1. The lowest BCUT2D eigenvalue weighted by atomic mass is 9.77. The number of nitrogens with zero attached hydrogens (tertiary/aromatic N) is 3. The molecule has 3 saturated heterocycles. The quantitative estimate of drug-likeness (QED) is 0.0846. The number of methoxy groups -OCH3 is 1. The molecule has 0 aliphatic carbocycles. The van der Waals surface area contributed by atoms with Crippen LogP contribution in [0.1, 0.15) is 131 Å². The number of benzene rings is 1. The van der Waals surface area contributed by atoms with E-state index in [0.717, 1.165) is 6.07 Å². The van der Waals surface area contributed by atoms with Gasteiger partial charge in [-0.2, -0.15) is 0 Å². The molecular formula is C57H91FN4O17. The zero-order chi connectivity index (χ0) is 58.8. The lowest BCUT2D eigenvalue weighted by Crippen LogP contribution is -2.61. The third kappa shape index (κ3) is 16.7. The third-order valence-electron chi connectivity index (χ3n) is 16.2. The second kappa shape index (κ2) is 28.6. The van der Waals surface area contributed by atoms with E-state index in [1.165, 1.54) is 13.3 Å². The summed E-state index contributed by atoms with van der Waals surface area (Å²) in [6, 6.07) is 2.11. The van der Waals surface area contributed by atoms with Gasteiger partial charge in [-0.05, 0) is 139 Å². The van der Waals surface area contributed by atoms with Gasteiger partial charge in [-0.25, -0.2) is 14.0 Å². The molecule has 448 valence electrons. The van der Waals surface area contributed by atoms with E-state index in [0.29, 0.717) is 50.0 Å². The van der Waals surface area contributed by atoms with Crippen LogP contribution in [0.5, 0.6) is 0 Å². The molecule has 2 aromatic rings. The molecule has 0 amide bonds. The molecule has 0 unspecified atom stereocenters. The number of carboxylic acid groups (broad SMARTS) is 1. The number of aromatic nitrogens is 1. The summed E-state index contributed by atoms with van der Waals surface area (Å²) in [6.45, 7) is 21.2. The van der Waals surface area contributed by atoms with Crippen molar-refractivity contribution in [1.82, 2.24) is 19.7 Å². The maximum Gasteiger partial charge on any atom is 0.508 e. The van der Waals surface area contributed by atoms with E-state index in [2.05, 4.69) is 5.32 Å². The number of aliphatic hydroxyl groups excluding tert-OH is 1. The molecule has 3 aliphatic heterocycles. The summed E-state index contributed by atoms with van der Waals surface area (Å²) in [7, 11) is 7.13. The number of esters is 2. The van der Waals surface area contributed by atoms with Gasteiger partial charge in [-0.1, -0.05) is 20.8 Å². The number of carboxylic acids is 1. The molecule has 1 aromatic heterocycles. The average Bonchev–Trinajstić information content (AvgIpc) is 3.43. The smallest absolute Gasteiger partial charge is 0.477 e. The maximum atomic E-state index is 15.2. The van der Waals surface area contributed by atoms with Gasteiger partial charge in [-0.3, -0.25) is 14.4 Å². The minimum Gasteiger partial charge on any atom is -0.477 e. The van der Waals surface area contributed by atoms with E-state index in [4.69, 9.17) is 42.6 Å². The van der Waals surface area contributed by atoms with Gasteiger partial charge < -0.3 is 77.6 Å². The van der Waals surface area contributed by atoms with Crippen molar-refractivity contribution in [3.8, 4) is 0 Å². The van der Waals surface area contributed by atoms with Crippen LogP contribution < -0.4 is 10.7 Å². The van der Waals surface area contributed by atoms with Gasteiger partial charge in [0.15, 0.2) is 18.7 Å². The normalized spacial score (nSPS) is 35.0. The molecule has 4 heterocycles. The summed E-state index contributed by atoms with van der Waals surface area (Å²) in [5.74, 6) is -5.29. The number of pyridine rings is 1. The Morgan fingerprint density at radius 3 is 2.28 bits per heavy atom. The minimum absolute atomic E-state index is 0.00376. The van der Waals surface area contributed by atoms with Gasteiger partial charge in [0.05, 0.1) is 47.9 Å². The number of aliphatic hydroxyl groups is 2. The lowest BCUT2D eigenvalue weighted by Gasteiger charge is -2.49. The summed E-state index contributed by atoms with van der Waals surface area (Å²) in [5, 5.41) is 37.3. The van der Waals surface area contributed by atoms with Crippen molar-refractivity contribution in [3.05, 3.63) is 45.5 Å². The van der Waals surface area contributed by atoms with Gasteiger partial charge >= 0.3 is 24.1 Å². The van der Waals surface area contributed by atoms with Crippen molar-refractivity contribution < 1.29 is 81.5 Å². The predicted molar refractivity (Wildman–Crippen MR) is 290 cm³/mol. The van der Waals surface area contributed by atoms with Crippen LogP contribution in [0, 0.1) is 23.6 Å². The monoisotopic (exact) mass is 1120 g/mol. The fourth-order valence-electron chi connectivity index (χ4n) is 11.5. The van der Waals surface area contributed by atoms with E-state index in [9.17, 15) is 39.3 Å². The van der Waals surface area contributed by atoms with Crippen LogP contribution >= 0.6 is 0 Å². The van der Waals surface area contributed by atoms with Crippen molar-refractivity contribution in [2.45, 2.75) is 212 Å². The fourth-order valence-corrected chi connectivity index (χ4v) is 11.5. The molecule has 17 atom stereocenters. The van der Waals surface area contributed by atoms with Crippen LogP contribution in [0.25, 0.3) is 10.9 Å². The van der Waals surface area contributed by atoms with E-state index < -0.39 is 119 Å². The summed E-state index contributed by atoms with van der Waals surface area (Å²) >= 11 is 0. The SMILES string of the molecule is CC[C@@H]1OC(=O)[C@H](C)[C@H](O[C@@H]2C[C@](C)(OC)[C@H](OC(=O)CCNCCCc3cc4c(cc3F)c(=O)c(C(=O)O)cn4CC)[C@H](C)O2)[C@@H](C)[C@H](O[C@@H]2O[C@H](C)C[C@H](N(C)C)[C@@H]2O)[C@](C)(O)C[C@H](C)CN(C)[C@@H](C)COC(=O)O[C@H]1C. The molecular weight excluding hydrogens is 1030 g/mol. The van der Waals surface area contributed by atoms with Gasteiger partial charge in [0.1, 0.15) is 41.9 Å². The Kier molecular flexibility index (Phi) is 23.7. The van der Waals surface area contributed by atoms with Crippen LogP contribution in [0.15, 0.2) is 23.1 Å². The standard InChI is InChI=1S/C57H91FN4O17/c1-16-44-36(8)75-55(69)72-30-32(4)61(14)28-31(3)26-56(10,70)50(79-54-48(65)43(60(12)13)23-33(5)73-54)34(6)49(35(7)53(68)76-44)78-46-27-57(11,71-15)51(37(9)74-46)77-45(63)20-22-59-21-18-19-38-24-42-39(25-41(38)58)47(64)40(52(66)67)29-62(42)17-2/h24-25,29,31-37,43-44,46,48-51,54,59,65,70H,16-23,26-28,30H2,1-15H3,(H,66,67)/t31-,32-,33+,34+,35+,36-,37-,43-,44-,46+,48-,49+,50-,51+,54-,56+,57-/m0/s1. The number of hydrogen-bond acceptors (Lipinski definition) is 19. The average molecular weight is 1120 g/mol. The Morgan fingerprint density at radius 1 is 0.949 bits per heavy atom. The highest BCUT2D eigenvalue weighted by atomic mass is 19.1. The molecule has 3 aliphatic rings. The van der Waals surface area contributed by atoms with E-state index in [1.807, 2.05) is 51.7 Å². The summed E-state index contributed by atoms with van der Waals surface area (Å²) in [4.78, 5) is 69.3. The Morgan fingerprint density at radius 2 is 1.65 bits per heavy atom. The predicted octanol–water partition coefficient (Wildman–Crippen LogP) is 5.67. The van der Waals surface area contributed by atoms with Gasteiger partial charge in [0, 0.05) is 62.7 Å². The van der Waals surface area contributed by atoms with Crippen LogP contribution in [0.3, 0.4) is 0 Å². The van der Waals surface area contributed by atoms with Gasteiger partial charge in [-0.15, -0.1) is 0 Å². The number of hydrogen-bond donors (Lipinski definition) is 4. The number of aryl methyl sites for hydroxylation is 2. The Balaban J connectivity index is 1.35. The highest BCUT2D eigenvalue weighted by Crippen LogP contribution is 2.40. The Bertz CT molecular complexity index is 2430. The molecule has 0 spiro atoms. The van der Waals surface area contributed by atoms with Gasteiger partial charge in [0.25, 0.3) is 0 Å². The molecule has 3 fully saturated rings. The topological polar surface area (TPSA) is 253 Å². The zero-order valence-corrected chi connectivity index (χ0v) is 49.2.